The van der Waals surface area contributed by atoms with Gasteiger partial charge < -0.3 is 29.8 Å². The van der Waals surface area contributed by atoms with Gasteiger partial charge in [0.25, 0.3) is 5.91 Å². The average Bonchev–Trinajstić information content (AvgIpc) is 3.38. The molecule has 8 heteroatoms. The molecule has 1 saturated heterocycles. The predicted octanol–water partition coefficient (Wildman–Crippen LogP) is 3.62. The van der Waals surface area contributed by atoms with E-state index in [2.05, 4.69) is 21.4 Å². The first-order valence-electron chi connectivity index (χ1n) is 13.6. The quantitative estimate of drug-likeness (QED) is 0.363. The van der Waals surface area contributed by atoms with Gasteiger partial charge >= 0.3 is 0 Å². The first-order valence-corrected chi connectivity index (χ1v) is 13.6. The number of morpholine rings is 1. The number of aromatic amines is 1. The monoisotopic (exact) mass is 506 g/mol. The molecule has 198 valence electrons. The van der Waals surface area contributed by atoms with Gasteiger partial charge in [0.2, 0.25) is 0 Å². The molecule has 2 atom stereocenters. The fourth-order valence-corrected chi connectivity index (χ4v) is 5.53. The molecule has 3 aromatic rings. The summed E-state index contributed by atoms with van der Waals surface area (Å²) in [7, 11) is 0. The van der Waals surface area contributed by atoms with E-state index in [1.807, 2.05) is 35.4 Å². The lowest BCUT2D eigenvalue weighted by Crippen LogP contribution is -2.50. The molecule has 0 bridgehead atoms. The van der Waals surface area contributed by atoms with Crippen LogP contribution in [0, 0.1) is 5.92 Å². The molecule has 1 aliphatic heterocycles. The number of hydrogen-bond donors (Lipinski definition) is 3. The third-order valence-electron chi connectivity index (χ3n) is 7.64. The van der Waals surface area contributed by atoms with Gasteiger partial charge in [-0.1, -0.05) is 37.5 Å². The number of nitrogens with one attached hydrogen (secondary N) is 2. The number of pyridine rings is 1. The Labute approximate surface area is 218 Å². The van der Waals surface area contributed by atoms with Gasteiger partial charge in [0, 0.05) is 55.1 Å². The Balaban J connectivity index is 1.25. The lowest BCUT2D eigenvalue weighted by molar-refractivity contribution is -0.146. The molecular weight excluding hydrogens is 468 g/mol. The molecule has 0 radical (unpaired) electrons. The number of hydrogen-bond acceptors (Lipinski definition) is 6. The van der Waals surface area contributed by atoms with Crippen LogP contribution in [-0.4, -0.2) is 71.4 Å². The molecular formula is C29H38N4O4. The summed E-state index contributed by atoms with van der Waals surface area (Å²) in [6.07, 6.45) is 10.8. The highest BCUT2D eigenvalue weighted by molar-refractivity contribution is 5.89. The van der Waals surface area contributed by atoms with Gasteiger partial charge in [0.05, 0.1) is 24.8 Å². The van der Waals surface area contributed by atoms with E-state index in [4.69, 9.17) is 9.47 Å². The van der Waals surface area contributed by atoms with Crippen LogP contribution in [0.2, 0.25) is 0 Å². The van der Waals surface area contributed by atoms with Crippen LogP contribution in [0.4, 0.5) is 0 Å². The molecule has 2 aromatic heterocycles. The Bertz CT molecular complexity index is 1140. The number of aliphatic hydroxyl groups is 1. The summed E-state index contributed by atoms with van der Waals surface area (Å²) >= 11 is 0. The van der Waals surface area contributed by atoms with Gasteiger partial charge in [-0.2, -0.15) is 0 Å². The zero-order chi connectivity index (χ0) is 25.5. The summed E-state index contributed by atoms with van der Waals surface area (Å²) in [5.74, 6) is 1.07. The summed E-state index contributed by atoms with van der Waals surface area (Å²) in [5.41, 5.74) is 2.92. The SMILES string of the molecule is O=C([C@@H](Oc1cccc2c(CCNC[C@H](O)c3cccnc3)c[nH]c12)C1CCCCC1)N1CCOCC1. The van der Waals surface area contributed by atoms with Crippen molar-refractivity contribution in [1.82, 2.24) is 20.2 Å². The van der Waals surface area contributed by atoms with Crippen molar-refractivity contribution in [3.63, 3.8) is 0 Å². The number of nitrogens with zero attached hydrogens (tertiary/aromatic N) is 2. The molecule has 1 aromatic carbocycles. The topological polar surface area (TPSA) is 99.7 Å². The van der Waals surface area contributed by atoms with Crippen LogP contribution in [-0.2, 0) is 16.0 Å². The van der Waals surface area contributed by atoms with Crippen LogP contribution in [0.1, 0.15) is 49.3 Å². The summed E-state index contributed by atoms with van der Waals surface area (Å²) in [4.78, 5) is 23.0. The van der Waals surface area contributed by atoms with Gasteiger partial charge in [0.15, 0.2) is 6.10 Å². The maximum absolute atomic E-state index is 13.6. The lowest BCUT2D eigenvalue weighted by atomic mass is 9.84. The number of aliphatic hydroxyl groups excluding tert-OH is 1. The van der Waals surface area contributed by atoms with Crippen LogP contribution in [0.15, 0.2) is 48.9 Å². The van der Waals surface area contributed by atoms with Crippen molar-refractivity contribution < 1.29 is 19.4 Å². The predicted molar refractivity (Wildman–Crippen MR) is 142 cm³/mol. The van der Waals surface area contributed by atoms with Crippen molar-refractivity contribution in [3.8, 4) is 5.75 Å². The van der Waals surface area contributed by atoms with E-state index in [9.17, 15) is 9.90 Å². The Morgan fingerprint density at radius 1 is 1.19 bits per heavy atom. The largest absolute Gasteiger partial charge is 0.478 e. The summed E-state index contributed by atoms with van der Waals surface area (Å²) in [6, 6.07) is 9.78. The van der Waals surface area contributed by atoms with Gasteiger partial charge in [-0.15, -0.1) is 0 Å². The van der Waals surface area contributed by atoms with E-state index >= 15 is 0 Å². The highest BCUT2D eigenvalue weighted by Crippen LogP contribution is 2.33. The minimum atomic E-state index is -0.586. The number of aromatic nitrogens is 2. The lowest BCUT2D eigenvalue weighted by Gasteiger charge is -2.35. The van der Waals surface area contributed by atoms with E-state index in [1.54, 1.807) is 12.4 Å². The zero-order valence-electron chi connectivity index (χ0n) is 21.4. The van der Waals surface area contributed by atoms with Crippen molar-refractivity contribution in [2.24, 2.45) is 5.92 Å². The Kier molecular flexibility index (Phi) is 8.71. The molecule has 2 fully saturated rings. The Hall–Kier alpha value is -2.94. The van der Waals surface area contributed by atoms with Gasteiger partial charge in [-0.05, 0) is 43.5 Å². The third-order valence-corrected chi connectivity index (χ3v) is 7.64. The molecule has 8 nitrogen and oxygen atoms in total. The van der Waals surface area contributed by atoms with E-state index in [0.717, 1.165) is 60.9 Å². The highest BCUT2D eigenvalue weighted by atomic mass is 16.5. The molecule has 0 unspecified atom stereocenters. The molecule has 0 spiro atoms. The molecule has 3 N–H and O–H groups in total. The van der Waals surface area contributed by atoms with Crippen LogP contribution >= 0.6 is 0 Å². The van der Waals surface area contributed by atoms with E-state index in [-0.39, 0.29) is 11.8 Å². The summed E-state index contributed by atoms with van der Waals surface area (Å²) in [5, 5.41) is 14.8. The van der Waals surface area contributed by atoms with Gasteiger partial charge in [-0.25, -0.2) is 0 Å². The summed E-state index contributed by atoms with van der Waals surface area (Å²) < 4.78 is 12.1. The molecule has 5 rings (SSSR count). The second kappa shape index (κ2) is 12.5. The molecule has 3 heterocycles. The Morgan fingerprint density at radius 2 is 2.03 bits per heavy atom. The number of para-hydroxylation sites is 1. The van der Waals surface area contributed by atoms with E-state index in [0.29, 0.717) is 32.8 Å². The molecule has 1 aliphatic carbocycles. The minimum absolute atomic E-state index is 0.0929. The second-order valence-corrected chi connectivity index (χ2v) is 10.1. The van der Waals surface area contributed by atoms with Gasteiger partial charge in [-0.3, -0.25) is 9.78 Å². The second-order valence-electron chi connectivity index (χ2n) is 10.1. The maximum Gasteiger partial charge on any atom is 0.264 e. The number of rotatable bonds is 10. The third kappa shape index (κ3) is 6.32. The van der Waals surface area contributed by atoms with Crippen LogP contribution in [0.25, 0.3) is 10.9 Å². The summed E-state index contributed by atoms with van der Waals surface area (Å²) in [6.45, 7) is 3.64. The minimum Gasteiger partial charge on any atom is -0.478 e. The normalized spacial score (nSPS) is 18.6. The van der Waals surface area contributed by atoms with Crippen LogP contribution < -0.4 is 10.1 Å². The number of ether oxygens (including phenoxy) is 2. The van der Waals surface area contributed by atoms with Crippen molar-refractivity contribution in [2.75, 3.05) is 39.4 Å². The van der Waals surface area contributed by atoms with E-state index in [1.165, 1.54) is 12.0 Å². The number of H-pyrrole nitrogens is 1. The zero-order valence-corrected chi connectivity index (χ0v) is 21.4. The first-order chi connectivity index (χ1) is 18.2. The molecule has 2 aliphatic rings. The fourth-order valence-electron chi connectivity index (χ4n) is 5.53. The standard InChI is InChI=1S/C29H38N4O4/c34-25(23-8-5-12-30-18-23)20-31-13-11-22-19-32-27-24(22)9-4-10-26(27)37-28(21-6-2-1-3-7-21)29(35)33-14-16-36-17-15-33/h4-5,8-10,12,18-19,21,25,28,31-32,34H,1-3,6-7,11,13-17,20H2/t25-,28-/m0/s1. The van der Waals surface area contributed by atoms with Crippen molar-refractivity contribution in [3.05, 3.63) is 60.0 Å². The maximum atomic E-state index is 13.6. The fraction of sp³-hybridized carbons (Fsp3) is 0.517. The molecule has 1 saturated carbocycles. The first kappa shape index (κ1) is 25.7. The highest BCUT2D eigenvalue weighted by Gasteiger charge is 2.35. The van der Waals surface area contributed by atoms with Gasteiger partial charge in [0.1, 0.15) is 5.75 Å². The smallest absolute Gasteiger partial charge is 0.264 e. The number of carbonyl (C=O) groups is 1. The molecule has 37 heavy (non-hydrogen) atoms. The number of benzene rings is 1. The van der Waals surface area contributed by atoms with E-state index < -0.39 is 12.2 Å². The molecule has 1 amide bonds. The number of amides is 1. The average molecular weight is 507 g/mol. The van der Waals surface area contributed by atoms with Crippen LogP contribution in [0.3, 0.4) is 0 Å². The Morgan fingerprint density at radius 3 is 2.81 bits per heavy atom. The van der Waals surface area contributed by atoms with Crippen LogP contribution in [0.5, 0.6) is 5.75 Å². The number of carbonyl (C=O) groups excluding carboxylic acids is 1. The van der Waals surface area contributed by atoms with Crippen molar-refractivity contribution in [2.45, 2.75) is 50.7 Å². The van der Waals surface area contributed by atoms with Crippen molar-refractivity contribution >= 4 is 16.8 Å². The number of fused-ring (bicyclic) bond motifs is 1. The van der Waals surface area contributed by atoms with Crippen molar-refractivity contribution in [1.29, 1.82) is 0 Å².